The molecule has 4 N–H and O–H groups in total. The molecule has 2 aliphatic rings. The zero-order valence-electron chi connectivity index (χ0n) is 17.8. The summed E-state index contributed by atoms with van der Waals surface area (Å²) in [6.45, 7) is 5.01. The van der Waals surface area contributed by atoms with E-state index in [0.29, 0.717) is 5.92 Å². The number of carbonyl (C=O) groups is 1. The molecule has 168 valence electrons. The second-order valence-electron chi connectivity index (χ2n) is 8.65. The summed E-state index contributed by atoms with van der Waals surface area (Å²) in [7, 11) is -3.82. The van der Waals surface area contributed by atoms with Crippen LogP contribution in [0.5, 0.6) is 0 Å². The van der Waals surface area contributed by atoms with Crippen LogP contribution in [0.4, 0.5) is 14.9 Å². The van der Waals surface area contributed by atoms with Crippen molar-refractivity contribution in [3.05, 3.63) is 39.3 Å². The van der Waals surface area contributed by atoms with Crippen LogP contribution in [-0.2, 0) is 34.8 Å². The topological polar surface area (TPSA) is 118 Å². The number of anilines is 1. The van der Waals surface area contributed by atoms with Crippen LogP contribution in [0.25, 0.3) is 0 Å². The van der Waals surface area contributed by atoms with E-state index < -0.39 is 27.4 Å². The maximum absolute atomic E-state index is 14.4. The Labute approximate surface area is 185 Å². The molecule has 7 nitrogen and oxygen atoms in total. The number of nitrogens with one attached hydrogen (secondary N) is 1. The second kappa shape index (κ2) is 7.91. The first kappa shape index (κ1) is 22.3. The maximum atomic E-state index is 14.4. The molecular formula is C21H27FN4O3S2. The Bertz CT molecular complexity index is 1170. The molecule has 1 atom stereocenters. The van der Waals surface area contributed by atoms with Crippen molar-refractivity contribution in [3.63, 3.8) is 0 Å². The first-order chi connectivity index (χ1) is 14.5. The number of pyridine rings is 1. The Hall–Kier alpha value is -1.88. The lowest BCUT2D eigenvalue weighted by Crippen LogP contribution is -2.19. The van der Waals surface area contributed by atoms with Gasteiger partial charge in [0, 0.05) is 21.8 Å². The molecule has 2 amide bonds. The van der Waals surface area contributed by atoms with Gasteiger partial charge in [0.1, 0.15) is 0 Å². The standard InChI is InChI=1S/C21H27FN4O3S2/c1-4-14-17(11-8-9-11)18(12-6-5-7-15(12)24-14)25-20(27)26-31(23,29)19-13(22)10-16(30-19)21(2,3)28/h10-11,28H,4-9H2,1-3H3,(H3,23,24,25,26,27,29)/t31-/m0/s1. The SMILES string of the molecule is CCc1nc2c(c(NC(=O)N=[S@](N)(=O)c3sc(C(C)(C)O)cc3F)c1C1CC1)CCC2. The van der Waals surface area contributed by atoms with Crippen LogP contribution in [0.1, 0.15) is 73.3 Å². The number of aromatic nitrogens is 1. The van der Waals surface area contributed by atoms with E-state index in [0.717, 1.165) is 84.1 Å². The number of thiophene rings is 1. The molecule has 31 heavy (non-hydrogen) atoms. The number of hydrogen-bond donors (Lipinski definition) is 3. The van der Waals surface area contributed by atoms with Crippen LogP contribution in [0.2, 0.25) is 0 Å². The van der Waals surface area contributed by atoms with Gasteiger partial charge < -0.3 is 10.4 Å². The number of urea groups is 1. The van der Waals surface area contributed by atoms with E-state index in [-0.39, 0.29) is 9.09 Å². The van der Waals surface area contributed by atoms with Crippen molar-refractivity contribution in [3.8, 4) is 0 Å². The van der Waals surface area contributed by atoms with Gasteiger partial charge in [-0.15, -0.1) is 15.7 Å². The Morgan fingerprint density at radius 2 is 2.16 bits per heavy atom. The van der Waals surface area contributed by atoms with Gasteiger partial charge in [0.15, 0.2) is 19.9 Å². The van der Waals surface area contributed by atoms with Gasteiger partial charge in [0.05, 0.1) is 11.3 Å². The molecule has 4 rings (SSSR count). The number of aryl methyl sites for hydroxylation is 2. The first-order valence-electron chi connectivity index (χ1n) is 10.4. The highest BCUT2D eigenvalue weighted by Gasteiger charge is 2.33. The third kappa shape index (κ3) is 4.39. The van der Waals surface area contributed by atoms with Crippen molar-refractivity contribution in [2.45, 2.75) is 75.0 Å². The number of nitrogens with two attached hydrogens (primary N) is 1. The molecule has 2 heterocycles. The van der Waals surface area contributed by atoms with Crippen molar-refractivity contribution < 1.29 is 18.5 Å². The molecule has 0 aliphatic heterocycles. The van der Waals surface area contributed by atoms with Crippen LogP contribution in [-0.4, -0.2) is 20.3 Å². The molecule has 1 saturated carbocycles. The summed E-state index contributed by atoms with van der Waals surface area (Å²) < 4.78 is 30.7. The number of hydrogen-bond acceptors (Lipinski definition) is 5. The third-order valence-electron chi connectivity index (χ3n) is 5.64. The zero-order chi connectivity index (χ0) is 22.6. The maximum Gasteiger partial charge on any atom is 0.354 e. The van der Waals surface area contributed by atoms with Crippen molar-refractivity contribution in [1.29, 1.82) is 0 Å². The lowest BCUT2D eigenvalue weighted by molar-refractivity contribution is 0.0823. The Kier molecular flexibility index (Phi) is 5.70. The monoisotopic (exact) mass is 466 g/mol. The van der Waals surface area contributed by atoms with Crippen LogP contribution in [0, 0.1) is 5.82 Å². The van der Waals surface area contributed by atoms with Gasteiger partial charge in [-0.05, 0) is 69.9 Å². The Morgan fingerprint density at radius 3 is 2.74 bits per heavy atom. The molecule has 10 heteroatoms. The first-order valence-corrected chi connectivity index (χ1v) is 12.8. The van der Waals surface area contributed by atoms with E-state index >= 15 is 0 Å². The summed E-state index contributed by atoms with van der Waals surface area (Å²) in [5.41, 5.74) is 3.42. The fraction of sp³-hybridized carbons (Fsp3) is 0.524. The van der Waals surface area contributed by atoms with Crippen LogP contribution in [0.3, 0.4) is 0 Å². The summed E-state index contributed by atoms with van der Waals surface area (Å²) >= 11 is 0.757. The Balaban J connectivity index is 1.71. The molecule has 0 unspecified atom stereocenters. The van der Waals surface area contributed by atoms with Gasteiger partial charge in [-0.1, -0.05) is 6.92 Å². The third-order valence-corrected chi connectivity index (χ3v) is 8.98. The predicted octanol–water partition coefficient (Wildman–Crippen LogP) is 4.37. The molecule has 0 bridgehead atoms. The number of carbonyl (C=O) groups excluding carboxylic acids is 1. The fourth-order valence-corrected chi connectivity index (χ4v) is 6.36. The number of aliphatic hydroxyl groups is 1. The average molecular weight is 467 g/mol. The van der Waals surface area contributed by atoms with E-state index in [4.69, 9.17) is 10.1 Å². The largest absolute Gasteiger partial charge is 0.385 e. The predicted molar refractivity (Wildman–Crippen MR) is 119 cm³/mol. The van der Waals surface area contributed by atoms with E-state index in [1.807, 2.05) is 6.92 Å². The molecule has 0 saturated heterocycles. The van der Waals surface area contributed by atoms with Crippen LogP contribution in [0.15, 0.2) is 14.6 Å². The molecule has 2 aromatic heterocycles. The smallest absolute Gasteiger partial charge is 0.354 e. The lowest BCUT2D eigenvalue weighted by atomic mass is 9.99. The number of halogens is 1. The highest BCUT2D eigenvalue weighted by Crippen LogP contribution is 2.47. The van der Waals surface area contributed by atoms with Crippen molar-refractivity contribution in [1.82, 2.24) is 4.98 Å². The average Bonchev–Trinajstić information content (AvgIpc) is 3.22. The minimum absolute atomic E-state index is 0.254. The van der Waals surface area contributed by atoms with Crippen molar-refractivity contribution in [2.75, 3.05) is 5.32 Å². The number of nitrogens with zero attached hydrogens (tertiary/aromatic N) is 2. The van der Waals surface area contributed by atoms with Gasteiger partial charge in [-0.3, -0.25) is 4.98 Å². The summed E-state index contributed by atoms with van der Waals surface area (Å²) in [6.07, 6.45) is 5.48. The van der Waals surface area contributed by atoms with Gasteiger partial charge >= 0.3 is 6.03 Å². The van der Waals surface area contributed by atoms with E-state index in [1.54, 1.807) is 0 Å². The highest BCUT2D eigenvalue weighted by molar-refractivity contribution is 7.93. The van der Waals surface area contributed by atoms with Crippen LogP contribution < -0.4 is 10.5 Å². The summed E-state index contributed by atoms with van der Waals surface area (Å²) in [4.78, 5) is 17.9. The number of amides is 2. The second-order valence-corrected chi connectivity index (χ2v) is 11.7. The Morgan fingerprint density at radius 1 is 1.45 bits per heavy atom. The van der Waals surface area contributed by atoms with Crippen molar-refractivity contribution in [2.24, 2.45) is 9.50 Å². The molecule has 2 aliphatic carbocycles. The molecule has 0 aromatic carbocycles. The van der Waals surface area contributed by atoms with Gasteiger partial charge in [-0.25, -0.2) is 18.5 Å². The van der Waals surface area contributed by atoms with Gasteiger partial charge in [0.2, 0.25) is 0 Å². The van der Waals surface area contributed by atoms with Gasteiger partial charge in [0.25, 0.3) is 0 Å². The summed E-state index contributed by atoms with van der Waals surface area (Å²) in [5, 5.41) is 18.7. The highest BCUT2D eigenvalue weighted by atomic mass is 32.2. The zero-order valence-corrected chi connectivity index (χ0v) is 19.5. The number of rotatable bonds is 5. The fourth-order valence-electron chi connectivity index (χ4n) is 4.02. The quantitative estimate of drug-likeness (QED) is 0.606. The lowest BCUT2D eigenvalue weighted by Gasteiger charge is -2.18. The van der Waals surface area contributed by atoms with E-state index in [2.05, 4.69) is 9.68 Å². The molecule has 0 spiro atoms. The number of fused-ring (bicyclic) bond motifs is 1. The minimum Gasteiger partial charge on any atom is -0.385 e. The molecule has 0 radical (unpaired) electrons. The molecular weight excluding hydrogens is 439 g/mol. The summed E-state index contributed by atoms with van der Waals surface area (Å²) in [6, 6.07) is 0.211. The van der Waals surface area contributed by atoms with E-state index in [9.17, 15) is 18.5 Å². The summed E-state index contributed by atoms with van der Waals surface area (Å²) in [5.74, 6) is -0.488. The van der Waals surface area contributed by atoms with Crippen LogP contribution >= 0.6 is 11.3 Å². The molecule has 1 fully saturated rings. The van der Waals surface area contributed by atoms with E-state index in [1.165, 1.54) is 13.8 Å². The van der Waals surface area contributed by atoms with Gasteiger partial charge in [-0.2, -0.15) is 0 Å². The minimum atomic E-state index is -3.82. The normalized spacial score (nSPS) is 17.9. The molecule has 2 aromatic rings. The van der Waals surface area contributed by atoms with Crippen molar-refractivity contribution >= 4 is 33.0 Å².